The Kier molecular flexibility index (Phi) is 2.58. The third kappa shape index (κ3) is 1.71. The van der Waals surface area contributed by atoms with Gasteiger partial charge in [0, 0.05) is 12.6 Å². The molecule has 100 valence electrons. The lowest BCUT2D eigenvalue weighted by Crippen LogP contribution is -2.40. The molecule has 1 fully saturated rings. The normalized spacial score (nSPS) is 21.5. The number of hydrogen-bond acceptors (Lipinski definition) is 4. The minimum atomic E-state index is -0.409. The van der Waals surface area contributed by atoms with Crippen molar-refractivity contribution in [2.75, 3.05) is 19.0 Å². The standard InChI is InChI=1S/C13H14N2O4/c1-19-11-5-7-8(6-10(11)16)14-12(17)9-3-2-4-15(9)13(7)18/h5-6,9,16H,2-4H2,1H3,(H,14,17). The van der Waals surface area contributed by atoms with Gasteiger partial charge < -0.3 is 20.1 Å². The Balaban J connectivity index is 2.13. The number of methoxy groups -OCH3 is 1. The zero-order chi connectivity index (χ0) is 13.6. The fourth-order valence-electron chi connectivity index (χ4n) is 2.67. The zero-order valence-corrected chi connectivity index (χ0v) is 10.5. The molecule has 6 nitrogen and oxygen atoms in total. The Hall–Kier alpha value is -2.24. The van der Waals surface area contributed by atoms with Crippen LogP contribution < -0.4 is 10.1 Å². The Morgan fingerprint density at radius 2 is 2.21 bits per heavy atom. The van der Waals surface area contributed by atoms with Crippen molar-refractivity contribution in [1.82, 2.24) is 4.90 Å². The first-order valence-electron chi connectivity index (χ1n) is 6.14. The highest BCUT2D eigenvalue weighted by molar-refractivity contribution is 6.10. The molecule has 2 amide bonds. The lowest BCUT2D eigenvalue weighted by atomic mass is 10.1. The van der Waals surface area contributed by atoms with E-state index in [2.05, 4.69) is 5.32 Å². The largest absolute Gasteiger partial charge is 0.504 e. The van der Waals surface area contributed by atoms with Gasteiger partial charge in [-0.3, -0.25) is 9.59 Å². The van der Waals surface area contributed by atoms with E-state index in [0.29, 0.717) is 24.2 Å². The second-order valence-corrected chi connectivity index (χ2v) is 4.72. The Labute approximate surface area is 110 Å². The quantitative estimate of drug-likeness (QED) is 0.790. The molecule has 1 aromatic carbocycles. The van der Waals surface area contributed by atoms with E-state index in [-0.39, 0.29) is 23.3 Å². The molecular weight excluding hydrogens is 248 g/mol. The fourth-order valence-corrected chi connectivity index (χ4v) is 2.67. The zero-order valence-electron chi connectivity index (χ0n) is 10.5. The van der Waals surface area contributed by atoms with Crippen LogP contribution in [-0.4, -0.2) is 41.5 Å². The summed E-state index contributed by atoms with van der Waals surface area (Å²) in [5, 5.41) is 12.4. The van der Waals surface area contributed by atoms with E-state index in [1.54, 1.807) is 4.90 Å². The van der Waals surface area contributed by atoms with Crippen LogP contribution in [0.2, 0.25) is 0 Å². The topological polar surface area (TPSA) is 78.9 Å². The molecule has 6 heteroatoms. The smallest absolute Gasteiger partial charge is 0.256 e. The molecule has 2 aliphatic rings. The lowest BCUT2D eigenvalue weighted by molar-refractivity contribution is -0.119. The molecule has 19 heavy (non-hydrogen) atoms. The summed E-state index contributed by atoms with van der Waals surface area (Å²) in [6, 6.07) is 2.41. The number of carbonyl (C=O) groups excluding carboxylic acids is 2. The minimum Gasteiger partial charge on any atom is -0.504 e. The van der Waals surface area contributed by atoms with Gasteiger partial charge in [-0.15, -0.1) is 0 Å². The molecule has 2 aliphatic heterocycles. The van der Waals surface area contributed by atoms with E-state index in [1.807, 2.05) is 0 Å². The van der Waals surface area contributed by atoms with Crippen molar-refractivity contribution in [3.8, 4) is 11.5 Å². The third-order valence-electron chi connectivity index (χ3n) is 3.62. The second-order valence-electron chi connectivity index (χ2n) is 4.72. The first kappa shape index (κ1) is 11.8. The number of phenolic OH excluding ortho intramolecular Hbond substituents is 1. The number of carbonyl (C=O) groups is 2. The van der Waals surface area contributed by atoms with Gasteiger partial charge in [-0.2, -0.15) is 0 Å². The SMILES string of the molecule is COc1cc2c(cc1O)NC(=O)C1CCCN1C2=O. The van der Waals surface area contributed by atoms with Crippen molar-refractivity contribution in [2.45, 2.75) is 18.9 Å². The summed E-state index contributed by atoms with van der Waals surface area (Å²) in [6.07, 6.45) is 1.50. The van der Waals surface area contributed by atoms with E-state index in [4.69, 9.17) is 4.74 Å². The Bertz CT molecular complexity index is 570. The predicted molar refractivity (Wildman–Crippen MR) is 67.3 cm³/mol. The van der Waals surface area contributed by atoms with Crippen LogP contribution in [-0.2, 0) is 4.79 Å². The number of ether oxygens (including phenoxy) is 1. The molecule has 3 rings (SSSR count). The van der Waals surface area contributed by atoms with Crippen molar-refractivity contribution in [2.24, 2.45) is 0 Å². The van der Waals surface area contributed by atoms with E-state index in [9.17, 15) is 14.7 Å². The maximum atomic E-state index is 12.4. The van der Waals surface area contributed by atoms with Gasteiger partial charge in [-0.05, 0) is 18.9 Å². The number of aromatic hydroxyl groups is 1. The van der Waals surface area contributed by atoms with Gasteiger partial charge in [0.25, 0.3) is 5.91 Å². The molecule has 0 spiro atoms. The molecule has 2 heterocycles. The van der Waals surface area contributed by atoms with Crippen molar-refractivity contribution < 1.29 is 19.4 Å². The highest BCUT2D eigenvalue weighted by atomic mass is 16.5. The van der Waals surface area contributed by atoms with Crippen LogP contribution in [0.4, 0.5) is 5.69 Å². The minimum absolute atomic E-state index is 0.101. The van der Waals surface area contributed by atoms with E-state index in [0.717, 1.165) is 6.42 Å². The van der Waals surface area contributed by atoms with Gasteiger partial charge in [0.1, 0.15) is 6.04 Å². The number of benzene rings is 1. The molecule has 1 atom stereocenters. The molecule has 0 saturated carbocycles. The maximum absolute atomic E-state index is 12.4. The number of hydrogen-bond donors (Lipinski definition) is 2. The number of rotatable bonds is 1. The van der Waals surface area contributed by atoms with Crippen LogP contribution >= 0.6 is 0 Å². The highest BCUT2D eigenvalue weighted by Gasteiger charge is 2.38. The van der Waals surface area contributed by atoms with Gasteiger partial charge in [0.15, 0.2) is 11.5 Å². The monoisotopic (exact) mass is 262 g/mol. The summed E-state index contributed by atoms with van der Waals surface area (Å²) in [4.78, 5) is 26.1. The van der Waals surface area contributed by atoms with Crippen LogP contribution in [0.15, 0.2) is 12.1 Å². The van der Waals surface area contributed by atoms with Crippen LogP contribution in [0, 0.1) is 0 Å². The number of nitrogens with one attached hydrogen (secondary N) is 1. The summed E-state index contributed by atoms with van der Waals surface area (Å²) in [6.45, 7) is 0.583. The number of amides is 2. The van der Waals surface area contributed by atoms with Gasteiger partial charge in [0.2, 0.25) is 5.91 Å². The molecule has 0 aromatic heterocycles. The first-order valence-corrected chi connectivity index (χ1v) is 6.14. The molecule has 0 bridgehead atoms. The van der Waals surface area contributed by atoms with Crippen LogP contribution in [0.5, 0.6) is 11.5 Å². The van der Waals surface area contributed by atoms with Crippen molar-refractivity contribution >= 4 is 17.5 Å². The first-order chi connectivity index (χ1) is 9.11. The Morgan fingerprint density at radius 1 is 1.42 bits per heavy atom. The summed E-state index contributed by atoms with van der Waals surface area (Å²) < 4.78 is 5.00. The molecule has 0 radical (unpaired) electrons. The summed E-state index contributed by atoms with van der Waals surface area (Å²) >= 11 is 0. The fraction of sp³-hybridized carbons (Fsp3) is 0.385. The third-order valence-corrected chi connectivity index (χ3v) is 3.62. The van der Waals surface area contributed by atoms with E-state index >= 15 is 0 Å². The van der Waals surface area contributed by atoms with Gasteiger partial charge >= 0.3 is 0 Å². The highest BCUT2D eigenvalue weighted by Crippen LogP contribution is 2.36. The van der Waals surface area contributed by atoms with Crippen molar-refractivity contribution in [1.29, 1.82) is 0 Å². The van der Waals surface area contributed by atoms with Crippen molar-refractivity contribution in [3.05, 3.63) is 17.7 Å². The number of phenols is 1. The molecular formula is C13H14N2O4. The van der Waals surface area contributed by atoms with Crippen molar-refractivity contribution in [3.63, 3.8) is 0 Å². The van der Waals surface area contributed by atoms with Gasteiger partial charge in [0.05, 0.1) is 18.4 Å². The molecule has 1 aromatic rings. The average molecular weight is 262 g/mol. The number of nitrogens with zero attached hydrogens (tertiary/aromatic N) is 1. The van der Waals surface area contributed by atoms with Gasteiger partial charge in [-0.1, -0.05) is 0 Å². The number of fused-ring (bicyclic) bond motifs is 2. The van der Waals surface area contributed by atoms with Crippen LogP contribution in [0.3, 0.4) is 0 Å². The Morgan fingerprint density at radius 3 is 2.95 bits per heavy atom. The second kappa shape index (κ2) is 4.15. The average Bonchev–Trinajstić information content (AvgIpc) is 2.84. The summed E-state index contributed by atoms with van der Waals surface area (Å²) in [7, 11) is 1.42. The number of anilines is 1. The summed E-state index contributed by atoms with van der Waals surface area (Å²) in [5.41, 5.74) is 0.690. The van der Waals surface area contributed by atoms with Crippen LogP contribution in [0.1, 0.15) is 23.2 Å². The van der Waals surface area contributed by atoms with Crippen LogP contribution in [0.25, 0.3) is 0 Å². The summed E-state index contributed by atoms with van der Waals surface area (Å²) in [5.74, 6) is -0.279. The molecule has 1 saturated heterocycles. The predicted octanol–water partition coefficient (Wildman–Crippen LogP) is 0.957. The molecule has 2 N–H and O–H groups in total. The molecule has 1 unspecified atom stereocenters. The van der Waals surface area contributed by atoms with E-state index < -0.39 is 6.04 Å². The lowest BCUT2D eigenvalue weighted by Gasteiger charge is -2.20. The molecule has 0 aliphatic carbocycles. The maximum Gasteiger partial charge on any atom is 0.256 e. The van der Waals surface area contributed by atoms with E-state index in [1.165, 1.54) is 19.2 Å². The van der Waals surface area contributed by atoms with Gasteiger partial charge in [-0.25, -0.2) is 0 Å².